The first-order valence-corrected chi connectivity index (χ1v) is 11.1. The van der Waals surface area contributed by atoms with Gasteiger partial charge < -0.3 is 10.2 Å². The lowest BCUT2D eigenvalue weighted by molar-refractivity contribution is -0.143. The number of amides is 1. The van der Waals surface area contributed by atoms with Crippen molar-refractivity contribution in [3.63, 3.8) is 0 Å². The van der Waals surface area contributed by atoms with E-state index in [1.165, 1.54) is 37.1 Å². The number of rotatable bonds is 5. The van der Waals surface area contributed by atoms with Crippen LogP contribution in [-0.2, 0) is 12.7 Å². The van der Waals surface area contributed by atoms with Gasteiger partial charge in [0.05, 0.1) is 17.4 Å². The minimum Gasteiger partial charge on any atom is -0.357 e. The molecule has 3 heterocycles. The van der Waals surface area contributed by atoms with Crippen molar-refractivity contribution in [3.8, 4) is 5.69 Å². The Balaban J connectivity index is 1.48. The lowest BCUT2D eigenvalue weighted by Gasteiger charge is -2.21. The molecular formula is C23H23ClF3N5O. The fourth-order valence-corrected chi connectivity index (χ4v) is 3.98. The highest BCUT2D eigenvalue weighted by Gasteiger charge is 2.40. The minimum absolute atomic E-state index is 0.0511. The summed E-state index contributed by atoms with van der Waals surface area (Å²) in [5, 5.41) is 6.73. The Bertz CT molecular complexity index is 1090. The second kappa shape index (κ2) is 9.82. The average molecular weight is 478 g/mol. The standard InChI is InChI=1S/C23H23ClF3N5O/c24-17-6-8-18(9-7-17)32-21(23(25,26)27)19(15-30-32)22(33)29-14-16-5-10-20(28-13-16)31-11-3-1-2-4-12-31/h5-10,13,15H,1-4,11-12,14H2,(H,29,33). The molecule has 174 valence electrons. The molecule has 0 saturated carbocycles. The van der Waals surface area contributed by atoms with E-state index in [0.717, 1.165) is 37.9 Å². The summed E-state index contributed by atoms with van der Waals surface area (Å²) >= 11 is 5.82. The quantitative estimate of drug-likeness (QED) is 0.545. The largest absolute Gasteiger partial charge is 0.434 e. The van der Waals surface area contributed by atoms with Gasteiger partial charge in [-0.1, -0.05) is 30.5 Å². The maximum atomic E-state index is 13.8. The van der Waals surface area contributed by atoms with E-state index in [4.69, 9.17) is 11.6 Å². The van der Waals surface area contributed by atoms with Gasteiger partial charge in [0, 0.05) is 30.9 Å². The summed E-state index contributed by atoms with van der Waals surface area (Å²) in [6, 6.07) is 9.44. The molecule has 0 spiro atoms. The summed E-state index contributed by atoms with van der Waals surface area (Å²) in [4.78, 5) is 19.3. The van der Waals surface area contributed by atoms with E-state index < -0.39 is 23.3 Å². The van der Waals surface area contributed by atoms with Gasteiger partial charge in [0.25, 0.3) is 5.91 Å². The van der Waals surface area contributed by atoms with E-state index >= 15 is 0 Å². The van der Waals surface area contributed by atoms with Gasteiger partial charge in [0.15, 0.2) is 5.69 Å². The maximum absolute atomic E-state index is 13.8. The normalized spacial score (nSPS) is 14.7. The predicted octanol–water partition coefficient (Wildman–Crippen LogP) is 5.25. The van der Waals surface area contributed by atoms with Crippen LogP contribution in [0.5, 0.6) is 0 Å². The van der Waals surface area contributed by atoms with Gasteiger partial charge in [-0.05, 0) is 48.7 Å². The second-order valence-electron chi connectivity index (χ2n) is 7.90. The monoisotopic (exact) mass is 477 g/mol. The molecule has 0 atom stereocenters. The topological polar surface area (TPSA) is 63.1 Å². The summed E-state index contributed by atoms with van der Waals surface area (Å²) in [5.41, 5.74) is -0.844. The number of nitrogens with zero attached hydrogens (tertiary/aromatic N) is 4. The highest BCUT2D eigenvalue weighted by molar-refractivity contribution is 6.30. The second-order valence-corrected chi connectivity index (χ2v) is 8.34. The number of carbonyl (C=O) groups excluding carboxylic acids is 1. The number of carbonyl (C=O) groups is 1. The molecular weight excluding hydrogens is 455 g/mol. The Morgan fingerprint density at radius 2 is 1.70 bits per heavy atom. The third-order valence-corrected chi connectivity index (χ3v) is 5.80. The van der Waals surface area contributed by atoms with Crippen LogP contribution in [0, 0.1) is 0 Å². The summed E-state index contributed by atoms with van der Waals surface area (Å²) in [7, 11) is 0. The first-order valence-electron chi connectivity index (χ1n) is 10.7. The number of halogens is 4. The Labute approximate surface area is 194 Å². The van der Waals surface area contributed by atoms with Crippen molar-refractivity contribution in [2.45, 2.75) is 38.4 Å². The zero-order valence-electron chi connectivity index (χ0n) is 17.8. The molecule has 0 radical (unpaired) electrons. The summed E-state index contributed by atoms with van der Waals surface area (Å²) in [5.74, 6) is 0.00899. The molecule has 2 aromatic heterocycles. The Hall–Kier alpha value is -3.07. The van der Waals surface area contributed by atoms with Crippen LogP contribution < -0.4 is 10.2 Å². The van der Waals surface area contributed by atoms with E-state index in [1.54, 1.807) is 6.20 Å². The van der Waals surface area contributed by atoms with Crippen molar-refractivity contribution in [3.05, 3.63) is 70.6 Å². The predicted molar refractivity (Wildman–Crippen MR) is 120 cm³/mol. The molecule has 1 aromatic carbocycles. The smallest absolute Gasteiger partial charge is 0.357 e. The highest BCUT2D eigenvalue weighted by atomic mass is 35.5. The molecule has 0 aliphatic carbocycles. The SMILES string of the molecule is O=C(NCc1ccc(N2CCCCCC2)nc1)c1cnn(-c2ccc(Cl)cc2)c1C(F)(F)F. The van der Waals surface area contributed by atoms with Crippen molar-refractivity contribution in [2.24, 2.45) is 0 Å². The van der Waals surface area contributed by atoms with Crippen LogP contribution in [-0.4, -0.2) is 33.8 Å². The molecule has 6 nitrogen and oxygen atoms in total. The number of aromatic nitrogens is 3. The van der Waals surface area contributed by atoms with Crippen LogP contribution in [0.25, 0.3) is 5.69 Å². The van der Waals surface area contributed by atoms with Gasteiger partial charge in [-0.15, -0.1) is 0 Å². The molecule has 1 aliphatic heterocycles. The zero-order valence-corrected chi connectivity index (χ0v) is 18.5. The Morgan fingerprint density at radius 1 is 1.00 bits per heavy atom. The summed E-state index contributed by atoms with van der Waals surface area (Å²) in [6.45, 7) is 1.97. The van der Waals surface area contributed by atoms with Crippen LogP contribution in [0.2, 0.25) is 5.02 Å². The fourth-order valence-electron chi connectivity index (χ4n) is 3.85. The highest BCUT2D eigenvalue weighted by Crippen LogP contribution is 2.34. The lowest BCUT2D eigenvalue weighted by atomic mass is 10.2. The Morgan fingerprint density at radius 3 is 2.30 bits per heavy atom. The van der Waals surface area contributed by atoms with Crippen LogP contribution in [0.1, 0.15) is 47.3 Å². The molecule has 1 N–H and O–H groups in total. The van der Waals surface area contributed by atoms with Gasteiger partial charge in [-0.3, -0.25) is 4.79 Å². The number of benzene rings is 1. The molecule has 1 aliphatic rings. The van der Waals surface area contributed by atoms with E-state index in [2.05, 4.69) is 20.3 Å². The van der Waals surface area contributed by atoms with Crippen LogP contribution in [0.4, 0.5) is 19.0 Å². The molecule has 3 aromatic rings. The van der Waals surface area contributed by atoms with Gasteiger partial charge in [-0.2, -0.15) is 18.3 Å². The van der Waals surface area contributed by atoms with Gasteiger partial charge >= 0.3 is 6.18 Å². The first-order chi connectivity index (χ1) is 15.8. The molecule has 0 unspecified atom stereocenters. The Kier molecular flexibility index (Phi) is 6.88. The number of nitrogens with one attached hydrogen (secondary N) is 1. The maximum Gasteiger partial charge on any atom is 0.434 e. The van der Waals surface area contributed by atoms with Gasteiger partial charge in [0.1, 0.15) is 5.82 Å². The molecule has 1 saturated heterocycles. The van der Waals surface area contributed by atoms with E-state index in [0.29, 0.717) is 15.3 Å². The summed E-state index contributed by atoms with van der Waals surface area (Å²) in [6.07, 6.45) is 2.48. The average Bonchev–Trinajstić information content (AvgIpc) is 3.08. The van der Waals surface area contributed by atoms with Crippen molar-refractivity contribution in [1.82, 2.24) is 20.1 Å². The van der Waals surface area contributed by atoms with Crippen molar-refractivity contribution >= 4 is 23.3 Å². The number of anilines is 1. The third-order valence-electron chi connectivity index (χ3n) is 5.55. The number of hydrogen-bond donors (Lipinski definition) is 1. The molecule has 10 heteroatoms. The van der Waals surface area contributed by atoms with Crippen molar-refractivity contribution in [1.29, 1.82) is 0 Å². The van der Waals surface area contributed by atoms with E-state index in [1.807, 2.05) is 12.1 Å². The van der Waals surface area contributed by atoms with E-state index in [9.17, 15) is 18.0 Å². The summed E-state index contributed by atoms with van der Waals surface area (Å²) < 4.78 is 42.1. The van der Waals surface area contributed by atoms with Gasteiger partial charge in [0.2, 0.25) is 0 Å². The van der Waals surface area contributed by atoms with Gasteiger partial charge in [-0.25, -0.2) is 9.67 Å². The number of hydrogen-bond acceptors (Lipinski definition) is 4. The fraction of sp³-hybridized carbons (Fsp3) is 0.348. The van der Waals surface area contributed by atoms with Crippen LogP contribution in [0.3, 0.4) is 0 Å². The molecule has 4 rings (SSSR count). The molecule has 1 fully saturated rings. The number of pyridine rings is 1. The first kappa shape index (κ1) is 23.1. The van der Waals surface area contributed by atoms with Crippen LogP contribution >= 0.6 is 11.6 Å². The van der Waals surface area contributed by atoms with Crippen molar-refractivity contribution in [2.75, 3.05) is 18.0 Å². The lowest BCUT2D eigenvalue weighted by Crippen LogP contribution is -2.27. The molecule has 33 heavy (non-hydrogen) atoms. The van der Waals surface area contributed by atoms with Crippen LogP contribution in [0.15, 0.2) is 48.8 Å². The van der Waals surface area contributed by atoms with Crippen molar-refractivity contribution < 1.29 is 18.0 Å². The molecule has 0 bridgehead atoms. The minimum atomic E-state index is -4.78. The third kappa shape index (κ3) is 5.47. The number of alkyl halides is 3. The van der Waals surface area contributed by atoms with E-state index in [-0.39, 0.29) is 12.2 Å². The molecule has 1 amide bonds. The zero-order chi connectivity index (χ0) is 23.4.